The highest BCUT2D eigenvalue weighted by Gasteiger charge is 2.19. The molecule has 1 aromatic heterocycles. The highest BCUT2D eigenvalue weighted by Crippen LogP contribution is 2.10. The Morgan fingerprint density at radius 1 is 1.11 bits per heavy atom. The van der Waals surface area contributed by atoms with Crippen LogP contribution in [0, 0.1) is 0 Å². The SMILES string of the molecule is CN=C(NCc1ccccc1Cn1cccn1)NCC(C)N1CCN(C)CC1. The lowest BCUT2D eigenvalue weighted by Gasteiger charge is -2.36. The summed E-state index contributed by atoms with van der Waals surface area (Å²) in [6.45, 7) is 9.23. The van der Waals surface area contributed by atoms with E-state index in [9.17, 15) is 0 Å². The minimum atomic E-state index is 0.486. The molecule has 7 heteroatoms. The summed E-state index contributed by atoms with van der Waals surface area (Å²) in [6.07, 6.45) is 3.80. The fourth-order valence-electron chi connectivity index (χ4n) is 3.49. The predicted octanol–water partition coefficient (Wildman–Crippen LogP) is 1.23. The smallest absolute Gasteiger partial charge is 0.191 e. The number of nitrogens with zero attached hydrogens (tertiary/aromatic N) is 5. The molecule has 1 atom stereocenters. The quantitative estimate of drug-likeness (QED) is 0.556. The fraction of sp³-hybridized carbons (Fsp3) is 0.524. The normalized spacial score (nSPS) is 17.5. The number of nitrogens with one attached hydrogen (secondary N) is 2. The molecule has 7 nitrogen and oxygen atoms in total. The van der Waals surface area contributed by atoms with Gasteiger partial charge in [0.25, 0.3) is 0 Å². The molecule has 0 spiro atoms. The summed E-state index contributed by atoms with van der Waals surface area (Å²) in [4.78, 5) is 9.32. The number of guanidine groups is 1. The molecule has 3 rings (SSSR count). The zero-order valence-corrected chi connectivity index (χ0v) is 17.3. The highest BCUT2D eigenvalue weighted by atomic mass is 15.3. The summed E-state index contributed by atoms with van der Waals surface area (Å²) in [7, 11) is 4.02. The molecule has 2 N–H and O–H groups in total. The van der Waals surface area contributed by atoms with Gasteiger partial charge in [-0.05, 0) is 31.2 Å². The van der Waals surface area contributed by atoms with Crippen molar-refractivity contribution < 1.29 is 0 Å². The molecule has 1 saturated heterocycles. The molecule has 0 amide bonds. The average Bonchev–Trinajstić information content (AvgIpc) is 3.22. The Bertz CT molecular complexity index is 733. The van der Waals surface area contributed by atoms with E-state index in [-0.39, 0.29) is 0 Å². The number of hydrogen-bond acceptors (Lipinski definition) is 4. The van der Waals surface area contributed by atoms with Gasteiger partial charge in [-0.15, -0.1) is 0 Å². The van der Waals surface area contributed by atoms with Crippen molar-refractivity contribution in [1.82, 2.24) is 30.2 Å². The van der Waals surface area contributed by atoms with Crippen molar-refractivity contribution in [3.05, 3.63) is 53.9 Å². The number of aromatic nitrogens is 2. The lowest BCUT2D eigenvalue weighted by molar-refractivity contribution is 0.120. The predicted molar refractivity (Wildman–Crippen MR) is 115 cm³/mol. The molecular formula is C21H33N7. The largest absolute Gasteiger partial charge is 0.355 e. The lowest BCUT2D eigenvalue weighted by atomic mass is 10.1. The molecule has 1 aliphatic rings. The van der Waals surface area contributed by atoms with E-state index in [1.807, 2.05) is 30.2 Å². The number of piperazine rings is 1. The van der Waals surface area contributed by atoms with Crippen LogP contribution in [0.2, 0.25) is 0 Å². The molecule has 0 bridgehead atoms. The van der Waals surface area contributed by atoms with Crippen LogP contribution in [0.4, 0.5) is 0 Å². The Kier molecular flexibility index (Phi) is 7.45. The van der Waals surface area contributed by atoms with Gasteiger partial charge in [0.05, 0.1) is 6.54 Å². The summed E-state index contributed by atoms with van der Waals surface area (Å²) in [6, 6.07) is 10.9. The van der Waals surface area contributed by atoms with Gasteiger partial charge in [0.15, 0.2) is 5.96 Å². The van der Waals surface area contributed by atoms with Crippen LogP contribution in [0.1, 0.15) is 18.1 Å². The third kappa shape index (κ3) is 5.81. The van der Waals surface area contributed by atoms with Gasteiger partial charge in [-0.1, -0.05) is 24.3 Å². The Labute approximate surface area is 168 Å². The second-order valence-corrected chi connectivity index (χ2v) is 7.47. The summed E-state index contributed by atoms with van der Waals surface area (Å²) < 4.78 is 1.95. The van der Waals surface area contributed by atoms with Gasteiger partial charge in [-0.2, -0.15) is 5.10 Å². The summed E-state index contributed by atoms with van der Waals surface area (Å²) in [5.74, 6) is 0.842. The Morgan fingerprint density at radius 3 is 2.54 bits per heavy atom. The van der Waals surface area contributed by atoms with Crippen molar-refractivity contribution in [2.45, 2.75) is 26.1 Å². The van der Waals surface area contributed by atoms with Crippen LogP contribution < -0.4 is 10.6 Å². The molecule has 1 fully saturated rings. The maximum absolute atomic E-state index is 4.39. The molecule has 0 saturated carbocycles. The van der Waals surface area contributed by atoms with Gasteiger partial charge in [0, 0.05) is 64.8 Å². The standard InChI is InChI=1S/C21H33N7/c1-18(27-13-11-26(3)12-14-27)15-23-21(22-2)24-16-19-7-4-5-8-20(19)17-28-10-6-9-25-28/h4-10,18H,11-17H2,1-3H3,(H2,22,23,24). The first-order valence-corrected chi connectivity index (χ1v) is 10.1. The van der Waals surface area contributed by atoms with Crippen molar-refractivity contribution in [3.63, 3.8) is 0 Å². The summed E-state index contributed by atoms with van der Waals surface area (Å²) in [5, 5.41) is 11.2. The van der Waals surface area contributed by atoms with E-state index >= 15 is 0 Å². The maximum Gasteiger partial charge on any atom is 0.191 e. The van der Waals surface area contributed by atoms with Gasteiger partial charge in [-0.3, -0.25) is 14.6 Å². The van der Waals surface area contributed by atoms with Crippen molar-refractivity contribution >= 4 is 5.96 Å². The molecule has 2 heterocycles. The van der Waals surface area contributed by atoms with E-state index in [1.54, 1.807) is 0 Å². The van der Waals surface area contributed by atoms with Crippen molar-refractivity contribution in [2.24, 2.45) is 4.99 Å². The molecule has 2 aromatic rings. The zero-order valence-electron chi connectivity index (χ0n) is 17.3. The van der Waals surface area contributed by atoms with Crippen molar-refractivity contribution in [3.8, 4) is 0 Å². The van der Waals surface area contributed by atoms with Gasteiger partial charge < -0.3 is 15.5 Å². The fourth-order valence-corrected chi connectivity index (χ4v) is 3.49. The van der Waals surface area contributed by atoms with Crippen LogP contribution in [-0.2, 0) is 13.1 Å². The highest BCUT2D eigenvalue weighted by molar-refractivity contribution is 5.79. The zero-order chi connectivity index (χ0) is 19.8. The molecule has 1 aliphatic heterocycles. The summed E-state index contributed by atoms with van der Waals surface area (Å²) in [5.41, 5.74) is 2.52. The number of likely N-dealkylation sites (N-methyl/N-ethyl adjacent to an activating group) is 1. The van der Waals surface area contributed by atoms with Gasteiger partial charge in [-0.25, -0.2) is 0 Å². The van der Waals surface area contributed by atoms with Crippen LogP contribution >= 0.6 is 0 Å². The van der Waals surface area contributed by atoms with E-state index in [0.29, 0.717) is 6.04 Å². The third-order valence-electron chi connectivity index (χ3n) is 5.41. The average molecular weight is 384 g/mol. The van der Waals surface area contributed by atoms with Gasteiger partial charge in [0.1, 0.15) is 0 Å². The van der Waals surface area contributed by atoms with E-state index in [0.717, 1.165) is 51.8 Å². The molecule has 0 radical (unpaired) electrons. The van der Waals surface area contributed by atoms with Crippen molar-refractivity contribution in [1.29, 1.82) is 0 Å². The van der Waals surface area contributed by atoms with Crippen LogP contribution in [0.15, 0.2) is 47.7 Å². The van der Waals surface area contributed by atoms with Crippen LogP contribution in [0.25, 0.3) is 0 Å². The Balaban J connectivity index is 1.49. The second-order valence-electron chi connectivity index (χ2n) is 7.47. The monoisotopic (exact) mass is 383 g/mol. The topological polar surface area (TPSA) is 60.7 Å². The number of rotatable bonds is 7. The van der Waals surface area contributed by atoms with Crippen LogP contribution in [0.3, 0.4) is 0 Å². The number of aliphatic imine (C=N–C) groups is 1. The molecule has 1 aromatic carbocycles. The Morgan fingerprint density at radius 2 is 1.86 bits per heavy atom. The molecule has 0 aliphatic carbocycles. The van der Waals surface area contributed by atoms with Crippen LogP contribution in [0.5, 0.6) is 0 Å². The Hall–Kier alpha value is -2.38. The first-order valence-electron chi connectivity index (χ1n) is 10.1. The molecule has 28 heavy (non-hydrogen) atoms. The number of hydrogen-bond donors (Lipinski definition) is 2. The van der Waals surface area contributed by atoms with Gasteiger partial charge >= 0.3 is 0 Å². The van der Waals surface area contributed by atoms with E-state index in [4.69, 9.17) is 0 Å². The second kappa shape index (κ2) is 10.2. The van der Waals surface area contributed by atoms with E-state index in [2.05, 4.69) is 68.8 Å². The van der Waals surface area contributed by atoms with Crippen molar-refractivity contribution in [2.75, 3.05) is 46.8 Å². The van der Waals surface area contributed by atoms with Crippen LogP contribution in [-0.4, -0.2) is 78.4 Å². The molecule has 152 valence electrons. The molecular weight excluding hydrogens is 350 g/mol. The van der Waals surface area contributed by atoms with Gasteiger partial charge in [0.2, 0.25) is 0 Å². The molecule has 1 unspecified atom stereocenters. The minimum Gasteiger partial charge on any atom is -0.355 e. The first-order chi connectivity index (χ1) is 13.7. The number of benzene rings is 1. The summed E-state index contributed by atoms with van der Waals surface area (Å²) >= 11 is 0. The first kappa shape index (κ1) is 20.4. The maximum atomic E-state index is 4.39. The van der Waals surface area contributed by atoms with E-state index < -0.39 is 0 Å². The minimum absolute atomic E-state index is 0.486. The lowest BCUT2D eigenvalue weighted by Crippen LogP contribution is -2.52. The third-order valence-corrected chi connectivity index (χ3v) is 5.41. The van der Waals surface area contributed by atoms with E-state index in [1.165, 1.54) is 11.1 Å².